The van der Waals surface area contributed by atoms with Gasteiger partial charge in [0.25, 0.3) is 0 Å². The van der Waals surface area contributed by atoms with Crippen LogP contribution in [0.15, 0.2) is 52.9 Å². The van der Waals surface area contributed by atoms with Crippen molar-refractivity contribution in [1.82, 2.24) is 15.5 Å². The Balaban J connectivity index is 1.56. The molecule has 7 nitrogen and oxygen atoms in total. The first-order valence-corrected chi connectivity index (χ1v) is 8.13. The number of anilines is 1. The number of carbonyl (C=O) groups is 2. The summed E-state index contributed by atoms with van der Waals surface area (Å²) >= 11 is 5.88. The smallest absolute Gasteiger partial charge is 0.313 e. The van der Waals surface area contributed by atoms with Crippen molar-refractivity contribution in [3.63, 3.8) is 0 Å². The van der Waals surface area contributed by atoms with Gasteiger partial charge in [-0.15, -0.1) is 10.2 Å². The highest BCUT2D eigenvalue weighted by Crippen LogP contribution is 2.20. The molecular weight excluding hydrogens is 356 g/mol. The summed E-state index contributed by atoms with van der Waals surface area (Å²) in [5, 5.41) is 13.3. The predicted octanol–water partition coefficient (Wildman–Crippen LogP) is 2.95. The summed E-state index contributed by atoms with van der Waals surface area (Å²) < 4.78 is 5.33. The highest BCUT2D eigenvalue weighted by atomic mass is 35.5. The topological polar surface area (TPSA) is 97.1 Å². The van der Waals surface area contributed by atoms with Crippen molar-refractivity contribution in [2.45, 2.75) is 13.5 Å². The van der Waals surface area contributed by atoms with Crippen LogP contribution in [0, 0.1) is 6.92 Å². The highest BCUT2D eigenvalue weighted by molar-refractivity contribution is 6.39. The fourth-order valence-electron chi connectivity index (χ4n) is 2.21. The van der Waals surface area contributed by atoms with E-state index in [4.69, 9.17) is 16.0 Å². The van der Waals surface area contributed by atoms with Gasteiger partial charge in [0.15, 0.2) is 0 Å². The molecule has 0 aliphatic carbocycles. The molecule has 0 saturated carbocycles. The van der Waals surface area contributed by atoms with Gasteiger partial charge in [-0.2, -0.15) is 0 Å². The van der Waals surface area contributed by atoms with Crippen molar-refractivity contribution in [3.05, 3.63) is 65.0 Å². The van der Waals surface area contributed by atoms with Gasteiger partial charge in [0, 0.05) is 29.7 Å². The van der Waals surface area contributed by atoms with Crippen molar-refractivity contribution in [2.24, 2.45) is 0 Å². The molecule has 0 atom stereocenters. The predicted molar refractivity (Wildman–Crippen MR) is 96.4 cm³/mol. The molecule has 1 heterocycles. The lowest BCUT2D eigenvalue weighted by Crippen LogP contribution is -2.34. The molecule has 0 fully saturated rings. The monoisotopic (exact) mass is 370 g/mol. The molecule has 0 radical (unpaired) electrons. The van der Waals surface area contributed by atoms with Gasteiger partial charge < -0.3 is 15.1 Å². The van der Waals surface area contributed by atoms with E-state index in [9.17, 15) is 9.59 Å². The summed E-state index contributed by atoms with van der Waals surface area (Å²) in [5.74, 6) is -0.636. The number of nitrogens with zero attached hydrogens (tertiary/aromatic N) is 2. The maximum absolute atomic E-state index is 12.0. The van der Waals surface area contributed by atoms with Crippen LogP contribution in [0.2, 0.25) is 5.02 Å². The number of hydrogen-bond acceptors (Lipinski definition) is 5. The van der Waals surface area contributed by atoms with Crippen LogP contribution in [-0.2, 0) is 16.1 Å². The van der Waals surface area contributed by atoms with E-state index in [0.29, 0.717) is 28.1 Å². The van der Waals surface area contributed by atoms with Gasteiger partial charge in [-0.25, -0.2) is 0 Å². The minimum absolute atomic E-state index is 0.211. The van der Waals surface area contributed by atoms with Crippen LogP contribution >= 0.6 is 11.6 Å². The van der Waals surface area contributed by atoms with E-state index in [1.165, 1.54) is 0 Å². The number of aromatic nitrogens is 2. The lowest BCUT2D eigenvalue weighted by atomic mass is 10.2. The Labute approximate surface area is 154 Å². The van der Waals surface area contributed by atoms with Crippen LogP contribution in [0.5, 0.6) is 0 Å². The molecule has 0 unspecified atom stereocenters. The average Bonchev–Trinajstić information content (AvgIpc) is 3.07. The third-order valence-electron chi connectivity index (χ3n) is 3.46. The molecule has 3 rings (SSSR count). The Morgan fingerprint density at radius 3 is 2.50 bits per heavy atom. The molecule has 2 N–H and O–H groups in total. The number of nitrogens with one attached hydrogen (secondary N) is 2. The van der Waals surface area contributed by atoms with E-state index < -0.39 is 11.8 Å². The Hall–Kier alpha value is -3.19. The van der Waals surface area contributed by atoms with Crippen molar-refractivity contribution < 1.29 is 14.0 Å². The van der Waals surface area contributed by atoms with Gasteiger partial charge in [0.1, 0.15) is 0 Å². The Morgan fingerprint density at radius 1 is 1.08 bits per heavy atom. The molecule has 0 spiro atoms. The van der Waals surface area contributed by atoms with E-state index in [1.807, 2.05) is 6.07 Å². The molecule has 0 aliphatic heterocycles. The number of halogens is 1. The zero-order chi connectivity index (χ0) is 18.5. The lowest BCUT2D eigenvalue weighted by Gasteiger charge is -2.07. The van der Waals surface area contributed by atoms with Crippen LogP contribution in [0.3, 0.4) is 0 Å². The fraction of sp³-hybridized carbons (Fsp3) is 0.111. The van der Waals surface area contributed by atoms with Gasteiger partial charge in [-0.1, -0.05) is 23.7 Å². The van der Waals surface area contributed by atoms with Gasteiger partial charge in [-0.05, 0) is 42.0 Å². The van der Waals surface area contributed by atoms with Crippen molar-refractivity contribution >= 4 is 29.1 Å². The fourth-order valence-corrected chi connectivity index (χ4v) is 2.42. The molecule has 26 heavy (non-hydrogen) atoms. The molecule has 2 aromatic carbocycles. The van der Waals surface area contributed by atoms with Crippen LogP contribution in [0.1, 0.15) is 11.5 Å². The summed E-state index contributed by atoms with van der Waals surface area (Å²) in [6, 6.07) is 13.8. The Morgan fingerprint density at radius 2 is 1.85 bits per heavy atom. The normalized spacial score (nSPS) is 10.4. The molecule has 132 valence electrons. The van der Waals surface area contributed by atoms with Crippen LogP contribution < -0.4 is 10.6 Å². The first-order valence-electron chi connectivity index (χ1n) is 7.75. The SMILES string of the molecule is Cc1nnc(-c2ccc(NC(=O)C(=O)NCc3cccc(Cl)c3)cc2)o1. The van der Waals surface area contributed by atoms with E-state index in [1.54, 1.807) is 49.4 Å². The van der Waals surface area contributed by atoms with E-state index in [2.05, 4.69) is 20.8 Å². The average molecular weight is 371 g/mol. The molecular formula is C18H15ClN4O3. The van der Waals surface area contributed by atoms with Gasteiger partial charge in [0.2, 0.25) is 11.8 Å². The number of amides is 2. The minimum Gasteiger partial charge on any atom is -0.421 e. The third-order valence-corrected chi connectivity index (χ3v) is 3.70. The van der Waals surface area contributed by atoms with Crippen LogP contribution in [0.4, 0.5) is 5.69 Å². The number of rotatable bonds is 4. The number of benzene rings is 2. The first-order chi connectivity index (χ1) is 12.5. The minimum atomic E-state index is -0.756. The largest absolute Gasteiger partial charge is 0.421 e. The summed E-state index contributed by atoms with van der Waals surface area (Å²) in [5.41, 5.74) is 2.00. The molecule has 3 aromatic rings. The van der Waals surface area contributed by atoms with E-state index >= 15 is 0 Å². The van der Waals surface area contributed by atoms with Gasteiger partial charge in [0.05, 0.1) is 0 Å². The number of hydrogen-bond donors (Lipinski definition) is 2. The maximum atomic E-state index is 12.0. The third kappa shape index (κ3) is 4.46. The van der Waals surface area contributed by atoms with E-state index in [-0.39, 0.29) is 6.54 Å². The van der Waals surface area contributed by atoms with Crippen molar-refractivity contribution in [2.75, 3.05) is 5.32 Å². The van der Waals surface area contributed by atoms with Crippen molar-refractivity contribution in [3.8, 4) is 11.5 Å². The zero-order valence-electron chi connectivity index (χ0n) is 13.8. The standard InChI is InChI=1S/C18H15ClN4O3/c1-11-22-23-18(26-11)13-5-7-15(8-6-13)21-17(25)16(24)20-10-12-3-2-4-14(19)9-12/h2-9H,10H2,1H3,(H,20,24)(H,21,25). The van der Waals surface area contributed by atoms with Gasteiger partial charge >= 0.3 is 11.8 Å². The molecule has 2 amide bonds. The second kappa shape index (κ2) is 7.79. The second-order valence-electron chi connectivity index (χ2n) is 5.47. The number of carbonyl (C=O) groups excluding carboxylic acids is 2. The molecule has 0 aliphatic rings. The second-order valence-corrected chi connectivity index (χ2v) is 5.91. The Bertz CT molecular complexity index is 938. The zero-order valence-corrected chi connectivity index (χ0v) is 14.6. The van der Waals surface area contributed by atoms with Crippen LogP contribution in [-0.4, -0.2) is 22.0 Å². The lowest BCUT2D eigenvalue weighted by molar-refractivity contribution is -0.136. The number of aryl methyl sites for hydroxylation is 1. The quantitative estimate of drug-likeness (QED) is 0.688. The highest BCUT2D eigenvalue weighted by Gasteiger charge is 2.14. The Kier molecular flexibility index (Phi) is 5.28. The summed E-state index contributed by atoms with van der Waals surface area (Å²) in [4.78, 5) is 23.9. The molecule has 1 aromatic heterocycles. The van der Waals surface area contributed by atoms with Gasteiger partial charge in [-0.3, -0.25) is 9.59 Å². The summed E-state index contributed by atoms with van der Waals surface area (Å²) in [6.45, 7) is 1.91. The molecule has 0 bridgehead atoms. The van der Waals surface area contributed by atoms with Crippen LogP contribution in [0.25, 0.3) is 11.5 Å². The summed E-state index contributed by atoms with van der Waals surface area (Å²) in [7, 11) is 0. The maximum Gasteiger partial charge on any atom is 0.313 e. The molecule has 0 saturated heterocycles. The summed E-state index contributed by atoms with van der Waals surface area (Å²) in [6.07, 6.45) is 0. The molecule has 8 heteroatoms. The van der Waals surface area contributed by atoms with Crippen molar-refractivity contribution in [1.29, 1.82) is 0 Å². The van der Waals surface area contributed by atoms with E-state index in [0.717, 1.165) is 5.56 Å². The first kappa shape index (κ1) is 17.6.